The van der Waals surface area contributed by atoms with E-state index in [1.54, 1.807) is 30.5 Å². The molecule has 0 heterocycles. The van der Waals surface area contributed by atoms with Gasteiger partial charge in [-0.3, -0.25) is 4.79 Å². The summed E-state index contributed by atoms with van der Waals surface area (Å²) < 4.78 is 0. The molecule has 4 aliphatic carbocycles. The van der Waals surface area contributed by atoms with E-state index in [9.17, 15) is 10.1 Å². The van der Waals surface area contributed by atoms with Crippen LogP contribution in [0.5, 0.6) is 0 Å². The second-order valence-electron chi connectivity index (χ2n) is 8.95. The van der Waals surface area contributed by atoms with Crippen molar-refractivity contribution in [2.24, 2.45) is 23.2 Å². The number of rotatable bonds is 5. The van der Waals surface area contributed by atoms with Crippen LogP contribution in [0.2, 0.25) is 0 Å². The Morgan fingerprint density at radius 2 is 1.75 bits per heavy atom. The number of para-hydroxylation sites is 1. The van der Waals surface area contributed by atoms with E-state index in [1.165, 1.54) is 38.5 Å². The van der Waals surface area contributed by atoms with Crippen LogP contribution in [-0.4, -0.2) is 11.9 Å². The molecule has 1 unspecified atom stereocenters. The van der Waals surface area contributed by atoms with Crippen LogP contribution in [0.25, 0.3) is 0 Å². The fraction of sp³-hybridized carbons (Fsp3) is 0.522. The lowest BCUT2D eigenvalue weighted by Gasteiger charge is -2.59. The van der Waals surface area contributed by atoms with Crippen molar-refractivity contribution in [3.05, 3.63) is 41.6 Å². The van der Waals surface area contributed by atoms with Gasteiger partial charge in [0.25, 0.3) is 5.91 Å². The number of nitriles is 2. The molecule has 5 heteroatoms. The number of hydrogen-bond donors (Lipinski definition) is 2. The molecule has 5 rings (SSSR count). The minimum absolute atomic E-state index is 0.0318. The van der Waals surface area contributed by atoms with Gasteiger partial charge in [-0.15, -0.1) is 0 Å². The van der Waals surface area contributed by atoms with Crippen LogP contribution in [0.15, 0.2) is 36.0 Å². The smallest absolute Gasteiger partial charge is 0.267 e. The van der Waals surface area contributed by atoms with Crippen LogP contribution >= 0.6 is 0 Å². The van der Waals surface area contributed by atoms with Crippen molar-refractivity contribution in [3.8, 4) is 12.1 Å². The maximum Gasteiger partial charge on any atom is 0.267 e. The number of carbonyl (C=O) groups excluding carboxylic acids is 1. The maximum atomic E-state index is 12.5. The minimum atomic E-state index is -0.490. The second kappa shape index (κ2) is 7.32. The Kier molecular flexibility index (Phi) is 4.85. The third-order valence-corrected chi connectivity index (χ3v) is 7.14. The number of benzene rings is 1. The molecule has 28 heavy (non-hydrogen) atoms. The molecule has 1 atom stereocenters. The molecule has 1 amide bonds. The van der Waals surface area contributed by atoms with Gasteiger partial charge < -0.3 is 10.6 Å². The van der Waals surface area contributed by atoms with E-state index < -0.39 is 5.91 Å². The molecule has 2 N–H and O–H groups in total. The molecule has 0 radical (unpaired) electrons. The lowest BCUT2D eigenvalue weighted by atomic mass is 9.48. The average Bonchev–Trinajstić information content (AvgIpc) is 2.67. The predicted molar refractivity (Wildman–Crippen MR) is 107 cm³/mol. The zero-order valence-corrected chi connectivity index (χ0v) is 16.2. The summed E-state index contributed by atoms with van der Waals surface area (Å²) in [5.74, 6) is 2.09. The molecule has 1 aromatic carbocycles. The highest BCUT2D eigenvalue weighted by molar-refractivity contribution is 6.07. The molecule has 144 valence electrons. The molecule has 0 spiro atoms. The van der Waals surface area contributed by atoms with Crippen molar-refractivity contribution in [2.75, 3.05) is 5.32 Å². The lowest BCUT2D eigenvalue weighted by molar-refractivity contribution is -0.112. The first kappa shape index (κ1) is 18.6. The second-order valence-corrected chi connectivity index (χ2v) is 8.95. The number of amides is 1. The fourth-order valence-electron chi connectivity index (χ4n) is 6.12. The van der Waals surface area contributed by atoms with Crippen molar-refractivity contribution < 1.29 is 4.79 Å². The van der Waals surface area contributed by atoms with Gasteiger partial charge >= 0.3 is 0 Å². The minimum Gasteiger partial charge on any atom is -0.387 e. The van der Waals surface area contributed by atoms with Crippen molar-refractivity contribution in [2.45, 2.75) is 51.5 Å². The Bertz CT molecular complexity index is 853. The largest absolute Gasteiger partial charge is 0.387 e. The van der Waals surface area contributed by atoms with Crippen LogP contribution in [0.1, 0.15) is 51.0 Å². The van der Waals surface area contributed by atoms with Crippen LogP contribution < -0.4 is 10.6 Å². The summed E-state index contributed by atoms with van der Waals surface area (Å²) in [6.07, 6.45) is 9.55. The van der Waals surface area contributed by atoms with Gasteiger partial charge in [0.15, 0.2) is 0 Å². The summed E-state index contributed by atoms with van der Waals surface area (Å²) in [5, 5.41) is 24.7. The first-order chi connectivity index (χ1) is 13.5. The Hall–Kier alpha value is -2.79. The quantitative estimate of drug-likeness (QED) is 0.600. The van der Waals surface area contributed by atoms with E-state index in [4.69, 9.17) is 5.26 Å². The predicted octanol–water partition coefficient (Wildman–Crippen LogP) is 4.10. The molecule has 1 aromatic rings. The van der Waals surface area contributed by atoms with Gasteiger partial charge in [-0.1, -0.05) is 12.1 Å². The third-order valence-electron chi connectivity index (χ3n) is 7.14. The van der Waals surface area contributed by atoms with E-state index >= 15 is 0 Å². The van der Waals surface area contributed by atoms with Crippen molar-refractivity contribution >= 4 is 11.6 Å². The molecule has 0 aromatic heterocycles. The number of nitrogens with zero attached hydrogens (tertiary/aromatic N) is 2. The first-order valence-corrected chi connectivity index (χ1v) is 10.2. The zero-order chi connectivity index (χ0) is 19.7. The fourth-order valence-corrected chi connectivity index (χ4v) is 6.12. The summed E-state index contributed by atoms with van der Waals surface area (Å²) >= 11 is 0. The highest BCUT2D eigenvalue weighted by Crippen LogP contribution is 2.61. The van der Waals surface area contributed by atoms with E-state index in [0.717, 1.165) is 17.8 Å². The highest BCUT2D eigenvalue weighted by atomic mass is 16.1. The van der Waals surface area contributed by atoms with E-state index in [2.05, 4.69) is 17.6 Å². The highest BCUT2D eigenvalue weighted by Gasteiger charge is 2.53. The molecule has 4 aliphatic rings. The first-order valence-electron chi connectivity index (χ1n) is 10.2. The maximum absolute atomic E-state index is 12.5. The third kappa shape index (κ3) is 3.38. The van der Waals surface area contributed by atoms with E-state index in [0.29, 0.717) is 16.7 Å². The van der Waals surface area contributed by atoms with Crippen LogP contribution in [-0.2, 0) is 4.79 Å². The number of carbonyl (C=O) groups is 1. The van der Waals surface area contributed by atoms with E-state index in [-0.39, 0.29) is 11.6 Å². The van der Waals surface area contributed by atoms with Gasteiger partial charge in [-0.05, 0) is 80.8 Å². The average molecular weight is 374 g/mol. The SMILES string of the molecule is CC(N/C=C(/C#N)C(=O)Nc1ccccc1C#N)C12CC3CC(CC(C3)C1)C2. The van der Waals surface area contributed by atoms with Crippen LogP contribution in [0.4, 0.5) is 5.69 Å². The number of anilines is 1. The molecule has 0 aliphatic heterocycles. The molecule has 0 saturated heterocycles. The lowest BCUT2D eigenvalue weighted by Crippen LogP contribution is -2.54. The summed E-state index contributed by atoms with van der Waals surface area (Å²) in [6, 6.07) is 11.1. The van der Waals surface area contributed by atoms with E-state index in [1.807, 2.05) is 12.1 Å². The van der Waals surface area contributed by atoms with Gasteiger partial charge in [0.1, 0.15) is 17.7 Å². The van der Waals surface area contributed by atoms with Gasteiger partial charge in [0.2, 0.25) is 0 Å². The van der Waals surface area contributed by atoms with Crippen LogP contribution in [0.3, 0.4) is 0 Å². The summed E-state index contributed by atoms with van der Waals surface area (Å²) in [5.41, 5.74) is 1.13. The van der Waals surface area contributed by atoms with Gasteiger partial charge in [0.05, 0.1) is 11.3 Å². The molecule has 4 saturated carbocycles. The van der Waals surface area contributed by atoms with Gasteiger partial charge in [-0.2, -0.15) is 10.5 Å². The molecular formula is C23H26N4O. The molecular weight excluding hydrogens is 348 g/mol. The normalized spacial score (nSPS) is 31.5. The Balaban J connectivity index is 1.45. The standard InChI is InChI=1S/C23H26N4O/c1-15(23-9-16-6-17(10-23)8-18(7-16)11-23)26-14-20(13-25)22(28)27-21-5-3-2-4-19(21)12-24/h2-5,14-18,26H,6-11H2,1H3,(H,27,28)/b20-14-. The summed E-state index contributed by atoms with van der Waals surface area (Å²) in [7, 11) is 0. The van der Waals surface area contributed by atoms with Gasteiger partial charge in [0, 0.05) is 12.2 Å². The molecule has 4 bridgehead atoms. The van der Waals surface area contributed by atoms with Crippen molar-refractivity contribution in [1.29, 1.82) is 10.5 Å². The number of nitrogens with one attached hydrogen (secondary N) is 2. The topological polar surface area (TPSA) is 88.7 Å². The molecule has 5 nitrogen and oxygen atoms in total. The Morgan fingerprint density at radius 1 is 1.14 bits per heavy atom. The summed E-state index contributed by atoms with van der Waals surface area (Å²) in [6.45, 7) is 2.20. The van der Waals surface area contributed by atoms with Gasteiger partial charge in [-0.25, -0.2) is 0 Å². The van der Waals surface area contributed by atoms with Crippen molar-refractivity contribution in [3.63, 3.8) is 0 Å². The Morgan fingerprint density at radius 3 is 2.32 bits per heavy atom. The van der Waals surface area contributed by atoms with Crippen LogP contribution in [0, 0.1) is 45.8 Å². The Labute approximate surface area is 166 Å². The summed E-state index contributed by atoms with van der Waals surface area (Å²) in [4.78, 5) is 12.5. The number of hydrogen-bond acceptors (Lipinski definition) is 4. The van der Waals surface area contributed by atoms with Crippen molar-refractivity contribution in [1.82, 2.24) is 5.32 Å². The zero-order valence-electron chi connectivity index (χ0n) is 16.2. The monoisotopic (exact) mass is 374 g/mol. The molecule has 4 fully saturated rings.